The SMILES string of the molecule is C=C[C@H]1CC[C@H]2[C@@H]3CC(=O)c4c(ccc(O[C@H]5O[C@@H](C)[C@H](OC(C)=O)[C@H](O)[C@H]5O)c4O)[C@H]3CC[C@]12C. The lowest BCUT2D eigenvalue weighted by Crippen LogP contribution is -2.59. The van der Waals surface area contributed by atoms with E-state index in [0.717, 1.165) is 31.2 Å². The van der Waals surface area contributed by atoms with Crippen LogP contribution in [0.25, 0.3) is 0 Å². The van der Waals surface area contributed by atoms with Crippen LogP contribution in [-0.2, 0) is 14.3 Å². The molecule has 1 saturated heterocycles. The summed E-state index contributed by atoms with van der Waals surface area (Å²) in [5, 5.41) is 32.1. The van der Waals surface area contributed by atoms with Crippen LogP contribution < -0.4 is 4.74 Å². The molecule has 1 heterocycles. The predicted octanol–water partition coefficient (Wildman–Crippen LogP) is 3.47. The maximum atomic E-state index is 13.4. The van der Waals surface area contributed by atoms with Gasteiger partial charge in [0.15, 0.2) is 23.4 Å². The summed E-state index contributed by atoms with van der Waals surface area (Å²) in [6, 6.07) is 3.45. The molecule has 3 N–H and O–H groups in total. The highest BCUT2D eigenvalue weighted by atomic mass is 16.7. The highest BCUT2D eigenvalue weighted by Crippen LogP contribution is 2.63. The van der Waals surface area contributed by atoms with Crippen LogP contribution >= 0.6 is 0 Å². The second-order valence-corrected chi connectivity index (χ2v) is 11.2. The van der Waals surface area contributed by atoms with Crippen LogP contribution in [0.15, 0.2) is 24.8 Å². The summed E-state index contributed by atoms with van der Waals surface area (Å²) in [6.45, 7) is 9.20. The smallest absolute Gasteiger partial charge is 0.303 e. The molecule has 4 aliphatic rings. The Morgan fingerprint density at radius 1 is 1.22 bits per heavy atom. The molecule has 3 fully saturated rings. The Hall–Kier alpha value is -2.42. The number of aliphatic hydroxyl groups is 2. The highest BCUT2D eigenvalue weighted by molar-refractivity contribution is 6.02. The summed E-state index contributed by atoms with van der Waals surface area (Å²) in [7, 11) is 0. The number of fused-ring (bicyclic) bond motifs is 5. The molecule has 5 rings (SSSR count). The third-order valence-electron chi connectivity index (χ3n) is 9.39. The maximum Gasteiger partial charge on any atom is 0.303 e. The second-order valence-electron chi connectivity index (χ2n) is 11.2. The largest absolute Gasteiger partial charge is 0.504 e. The van der Waals surface area contributed by atoms with E-state index in [4.69, 9.17) is 14.2 Å². The number of aromatic hydroxyl groups is 1. The Balaban J connectivity index is 1.39. The van der Waals surface area contributed by atoms with Gasteiger partial charge < -0.3 is 29.5 Å². The van der Waals surface area contributed by atoms with Gasteiger partial charge in [0.2, 0.25) is 6.29 Å². The maximum absolute atomic E-state index is 13.4. The van der Waals surface area contributed by atoms with Gasteiger partial charge in [0.1, 0.15) is 12.2 Å². The van der Waals surface area contributed by atoms with E-state index in [2.05, 4.69) is 19.6 Å². The van der Waals surface area contributed by atoms with E-state index in [1.54, 1.807) is 13.0 Å². The zero-order valence-electron chi connectivity index (χ0n) is 21.1. The first kappa shape index (κ1) is 25.2. The van der Waals surface area contributed by atoms with Crippen LogP contribution in [0.1, 0.15) is 74.7 Å². The molecule has 0 bridgehead atoms. The Morgan fingerprint density at radius 2 is 1.97 bits per heavy atom. The van der Waals surface area contributed by atoms with Crippen LogP contribution in [0.4, 0.5) is 0 Å². The second kappa shape index (κ2) is 9.15. The number of hydrogen-bond acceptors (Lipinski definition) is 8. The normalized spacial score (nSPS) is 41.6. The van der Waals surface area contributed by atoms with Crippen molar-refractivity contribution in [1.82, 2.24) is 0 Å². The minimum absolute atomic E-state index is 0.00294. The summed E-state index contributed by atoms with van der Waals surface area (Å²) in [5.74, 6) is 0.403. The van der Waals surface area contributed by atoms with Gasteiger partial charge in [-0.05, 0) is 73.3 Å². The van der Waals surface area contributed by atoms with Crippen molar-refractivity contribution in [3.05, 3.63) is 35.9 Å². The van der Waals surface area contributed by atoms with Crippen LogP contribution in [0, 0.1) is 23.2 Å². The van der Waals surface area contributed by atoms with Gasteiger partial charge in [-0.3, -0.25) is 9.59 Å². The molecule has 0 aromatic heterocycles. The molecular weight excluding hydrogens is 464 g/mol. The number of hydrogen-bond donors (Lipinski definition) is 3. The van der Waals surface area contributed by atoms with Gasteiger partial charge in [0, 0.05) is 13.3 Å². The fourth-order valence-electron chi connectivity index (χ4n) is 7.57. The van der Waals surface area contributed by atoms with Crippen LogP contribution in [-0.4, -0.2) is 57.8 Å². The van der Waals surface area contributed by atoms with Crippen molar-refractivity contribution in [1.29, 1.82) is 0 Å². The molecule has 1 aromatic rings. The summed E-state index contributed by atoms with van der Waals surface area (Å²) in [6.07, 6.45) is 0.588. The van der Waals surface area contributed by atoms with E-state index < -0.39 is 36.7 Å². The first-order chi connectivity index (χ1) is 17.1. The van der Waals surface area contributed by atoms with Crippen LogP contribution in [0.5, 0.6) is 11.5 Å². The number of rotatable bonds is 4. The van der Waals surface area contributed by atoms with Gasteiger partial charge in [-0.15, -0.1) is 6.58 Å². The summed E-state index contributed by atoms with van der Waals surface area (Å²) < 4.78 is 16.5. The molecule has 0 unspecified atom stereocenters. The number of phenolic OH excluding ortho intramolecular Hbond substituents is 1. The number of esters is 1. The van der Waals surface area contributed by atoms with Gasteiger partial charge in [0.25, 0.3) is 0 Å². The molecular formula is C28H36O8. The molecule has 0 amide bonds. The fourth-order valence-corrected chi connectivity index (χ4v) is 7.57. The lowest BCUT2D eigenvalue weighted by atomic mass is 9.54. The first-order valence-corrected chi connectivity index (χ1v) is 12.9. The van der Waals surface area contributed by atoms with Crippen molar-refractivity contribution >= 4 is 11.8 Å². The lowest BCUT2D eigenvalue weighted by molar-refractivity contribution is -0.272. The Labute approximate surface area is 211 Å². The quantitative estimate of drug-likeness (QED) is 0.424. The van der Waals surface area contributed by atoms with E-state index in [9.17, 15) is 24.9 Å². The number of carbonyl (C=O) groups excluding carboxylic acids is 2. The lowest BCUT2D eigenvalue weighted by Gasteiger charge is -2.50. The van der Waals surface area contributed by atoms with Gasteiger partial charge in [-0.2, -0.15) is 0 Å². The van der Waals surface area contributed by atoms with E-state index >= 15 is 0 Å². The Morgan fingerprint density at radius 3 is 2.67 bits per heavy atom. The zero-order chi connectivity index (χ0) is 25.9. The monoisotopic (exact) mass is 500 g/mol. The third kappa shape index (κ3) is 3.85. The average Bonchev–Trinajstić information content (AvgIpc) is 3.18. The van der Waals surface area contributed by atoms with Crippen LogP contribution in [0.3, 0.4) is 0 Å². The third-order valence-corrected chi connectivity index (χ3v) is 9.39. The van der Waals surface area contributed by atoms with Gasteiger partial charge in [-0.25, -0.2) is 0 Å². The van der Waals surface area contributed by atoms with Gasteiger partial charge >= 0.3 is 5.97 Å². The number of aliphatic hydroxyl groups excluding tert-OH is 2. The van der Waals surface area contributed by atoms with Crippen molar-refractivity contribution in [3.8, 4) is 11.5 Å². The van der Waals surface area contributed by atoms with Gasteiger partial charge in [-0.1, -0.05) is 19.1 Å². The molecule has 10 atom stereocenters. The first-order valence-electron chi connectivity index (χ1n) is 12.9. The van der Waals surface area contributed by atoms with Crippen molar-refractivity contribution in [2.45, 2.75) is 89.5 Å². The molecule has 0 spiro atoms. The zero-order valence-corrected chi connectivity index (χ0v) is 21.1. The standard InChI is InChI=1S/C28H36O8/c1-5-15-6-8-19-18-12-20(30)22-17(16(18)10-11-28(15,19)4)7-9-21(23(22)31)36-27-25(33)24(32)26(13(2)34-27)35-14(3)29/h5,7,9,13,15-16,18-19,24-27,31-33H,1,6,8,10-12H2,2-4H3/t13-,15-,16+,18+,19-,24+,25+,26-,27+,28+/m0/s1. The molecule has 36 heavy (non-hydrogen) atoms. The van der Waals surface area contributed by atoms with Crippen molar-refractivity contribution in [3.63, 3.8) is 0 Å². The van der Waals surface area contributed by atoms with Crippen molar-refractivity contribution < 1.29 is 39.1 Å². The number of phenols is 1. The number of ketones is 1. The van der Waals surface area contributed by atoms with E-state index in [-0.39, 0.29) is 40.1 Å². The molecule has 3 aliphatic carbocycles. The molecule has 8 nitrogen and oxygen atoms in total. The summed E-state index contributed by atoms with van der Waals surface area (Å²) >= 11 is 0. The fraction of sp³-hybridized carbons (Fsp3) is 0.643. The number of carbonyl (C=O) groups is 2. The van der Waals surface area contributed by atoms with Crippen molar-refractivity contribution in [2.75, 3.05) is 0 Å². The number of benzene rings is 1. The number of ether oxygens (including phenoxy) is 3. The van der Waals surface area contributed by atoms with Gasteiger partial charge in [0.05, 0.1) is 11.7 Å². The molecule has 1 aliphatic heterocycles. The van der Waals surface area contributed by atoms with E-state index in [0.29, 0.717) is 18.3 Å². The summed E-state index contributed by atoms with van der Waals surface area (Å²) in [5.41, 5.74) is 1.31. The Bertz CT molecular complexity index is 1070. The predicted molar refractivity (Wildman–Crippen MR) is 130 cm³/mol. The Kier molecular flexibility index (Phi) is 6.42. The van der Waals surface area contributed by atoms with Crippen LogP contribution in [0.2, 0.25) is 0 Å². The van der Waals surface area contributed by atoms with E-state index in [1.165, 1.54) is 6.92 Å². The number of Topliss-reactive ketones (excluding diaryl/α,β-unsaturated/α-hetero) is 1. The molecule has 0 radical (unpaired) electrons. The topological polar surface area (TPSA) is 123 Å². The summed E-state index contributed by atoms with van der Waals surface area (Å²) in [4.78, 5) is 24.7. The molecule has 196 valence electrons. The molecule has 8 heteroatoms. The minimum atomic E-state index is -1.53. The average molecular weight is 501 g/mol. The highest BCUT2D eigenvalue weighted by Gasteiger charge is 2.55. The van der Waals surface area contributed by atoms with E-state index in [1.807, 2.05) is 6.07 Å². The minimum Gasteiger partial charge on any atom is -0.504 e. The molecule has 1 aromatic carbocycles. The number of allylic oxidation sites excluding steroid dienone is 1. The van der Waals surface area contributed by atoms with Crippen molar-refractivity contribution in [2.24, 2.45) is 23.2 Å². The molecule has 2 saturated carbocycles.